The fraction of sp³-hybridized carbons (Fsp3) is 0.571. The zero-order chi connectivity index (χ0) is 46.5. The summed E-state index contributed by atoms with van der Waals surface area (Å²) in [6, 6.07) is 7.09. The predicted octanol–water partition coefficient (Wildman–Crippen LogP) is 6.67. The highest BCUT2D eigenvalue weighted by Gasteiger charge is 2.30. The molecule has 4 N–H and O–H groups in total. The van der Waals surface area contributed by atoms with Crippen molar-refractivity contribution >= 4 is 52.4 Å². The molecule has 3 amide bonds. The summed E-state index contributed by atoms with van der Waals surface area (Å²) in [6.07, 6.45) is 1.96. The molecule has 0 aliphatic carbocycles. The van der Waals surface area contributed by atoms with E-state index in [1.807, 2.05) is 33.9 Å². The van der Waals surface area contributed by atoms with E-state index in [0.29, 0.717) is 44.8 Å². The molecule has 0 aliphatic heterocycles. The number of carboxylic acid groups (broad SMARTS) is 1. The molecular weight excluding hydrogens is 827 g/mol. The van der Waals surface area contributed by atoms with Crippen molar-refractivity contribution < 1.29 is 62.3 Å². The molecule has 0 fully saturated rings. The Labute approximate surface area is 366 Å². The van der Waals surface area contributed by atoms with Crippen molar-refractivity contribution in [1.82, 2.24) is 20.3 Å². The number of carboxylic acids is 1. The number of aromatic nitrogens is 3. The Morgan fingerprint density at radius 2 is 1.32 bits per heavy atom. The molecule has 19 nitrogen and oxygen atoms in total. The number of benzene rings is 1. The van der Waals surface area contributed by atoms with E-state index in [9.17, 15) is 29.1 Å². The molecule has 0 aliphatic rings. The van der Waals surface area contributed by atoms with Crippen LogP contribution in [0.2, 0.25) is 0 Å². The van der Waals surface area contributed by atoms with Gasteiger partial charge in [-0.25, -0.2) is 29.0 Å². The molecule has 0 spiro atoms. The third-order valence-electron chi connectivity index (χ3n) is 7.46. The number of anilines is 1. The van der Waals surface area contributed by atoms with Crippen LogP contribution in [0.25, 0.3) is 11.1 Å². The lowest BCUT2D eigenvalue weighted by atomic mass is 10.1. The van der Waals surface area contributed by atoms with E-state index in [1.165, 1.54) is 5.38 Å². The van der Waals surface area contributed by atoms with Crippen LogP contribution in [0.1, 0.15) is 102 Å². The van der Waals surface area contributed by atoms with Gasteiger partial charge in [-0.1, -0.05) is 17.3 Å². The molecule has 0 saturated carbocycles. The standard InChI is InChI=1S/C42H61N7O12S/c1-39(2,3)57-34(52)31(61-47-32(33(50)51)30-26-62-35(45-30)46-38(55)60-42(10,11)12)25-56-29-17-15-27(16-18-29)28-23-48(21-13-19-43-36(53)58-40(4,5)6)49(24-28)22-14-20-44-37(54)59-41(7,8)9/h15-18,23-24,26,31H,13-14,19-22,25H2,1-12H3,(H3-,43,44,45,46,50,51,53,54,55)/p+1/b47-32-. The molecule has 20 heteroatoms. The van der Waals surface area contributed by atoms with Crippen LogP contribution in [0, 0.1) is 0 Å². The Bertz CT molecular complexity index is 1960. The maximum atomic E-state index is 13.2. The molecule has 62 heavy (non-hydrogen) atoms. The second-order valence-corrected chi connectivity index (χ2v) is 18.8. The number of ether oxygens (including phenoxy) is 5. The minimum absolute atomic E-state index is 0.0604. The van der Waals surface area contributed by atoms with Gasteiger partial charge in [0.15, 0.2) is 11.7 Å². The van der Waals surface area contributed by atoms with Crippen molar-refractivity contribution in [1.29, 1.82) is 0 Å². The largest absolute Gasteiger partial charge is 0.489 e. The number of thiazole rings is 1. The van der Waals surface area contributed by atoms with Crippen molar-refractivity contribution in [3.63, 3.8) is 0 Å². The van der Waals surface area contributed by atoms with Crippen molar-refractivity contribution in [3.05, 3.63) is 47.7 Å². The lowest BCUT2D eigenvalue weighted by Gasteiger charge is -2.23. The van der Waals surface area contributed by atoms with Crippen molar-refractivity contribution in [2.45, 2.75) is 138 Å². The number of amides is 3. The Balaban J connectivity index is 1.75. The maximum absolute atomic E-state index is 13.2. The molecular formula is C42H62N7O12S+. The quantitative estimate of drug-likeness (QED) is 0.0261. The van der Waals surface area contributed by atoms with Gasteiger partial charge in [-0.05, 0) is 107 Å². The number of aliphatic carboxylic acids is 1. The van der Waals surface area contributed by atoms with Crippen LogP contribution in [-0.4, -0.2) is 98.9 Å². The Morgan fingerprint density at radius 1 is 0.774 bits per heavy atom. The number of carbonyl (C=O) groups is 5. The summed E-state index contributed by atoms with van der Waals surface area (Å²) in [5.74, 6) is -1.97. The summed E-state index contributed by atoms with van der Waals surface area (Å²) >= 11 is 0.942. The number of aryl methyl sites for hydroxylation is 2. The number of carbonyl (C=O) groups excluding carboxylic acids is 4. The summed E-state index contributed by atoms with van der Waals surface area (Å²) in [5, 5.41) is 23.1. The number of nitrogens with zero attached hydrogens (tertiary/aromatic N) is 4. The normalized spacial score (nSPS) is 12.7. The number of esters is 1. The van der Waals surface area contributed by atoms with Crippen LogP contribution >= 0.6 is 11.3 Å². The number of hydrogen-bond acceptors (Lipinski definition) is 14. The molecule has 1 atom stereocenters. The van der Waals surface area contributed by atoms with Crippen LogP contribution < -0.4 is 25.4 Å². The van der Waals surface area contributed by atoms with Gasteiger partial charge in [0.05, 0.1) is 18.3 Å². The van der Waals surface area contributed by atoms with Gasteiger partial charge < -0.3 is 44.3 Å². The SMILES string of the molecule is CC(C)(C)OC(=O)NCCCn1cc(-c2ccc(OCC(O/N=C(\C(=O)O)c3csc(NC(=O)OC(C)(C)C)n3)C(=O)OC(C)(C)C)cc2)c[n+]1CCCNC(=O)OC(C)(C)C. The van der Waals surface area contributed by atoms with E-state index >= 15 is 0 Å². The topological polar surface area (TPSA) is 231 Å². The Kier molecular flexibility index (Phi) is 17.7. The van der Waals surface area contributed by atoms with Crippen LogP contribution in [-0.2, 0) is 46.5 Å². The van der Waals surface area contributed by atoms with Gasteiger partial charge in [0.1, 0.15) is 40.5 Å². The van der Waals surface area contributed by atoms with Gasteiger partial charge in [0, 0.05) is 24.9 Å². The lowest BCUT2D eigenvalue weighted by molar-refractivity contribution is -0.775. The van der Waals surface area contributed by atoms with Gasteiger partial charge in [-0.2, -0.15) is 4.68 Å². The zero-order valence-corrected chi connectivity index (χ0v) is 38.5. The van der Waals surface area contributed by atoms with Crippen molar-refractivity contribution in [2.24, 2.45) is 5.16 Å². The first-order valence-corrected chi connectivity index (χ1v) is 21.0. The molecule has 1 unspecified atom stereocenters. The van der Waals surface area contributed by atoms with Gasteiger partial charge in [-0.15, -0.1) is 16.0 Å². The monoisotopic (exact) mass is 888 g/mol. The first-order chi connectivity index (χ1) is 28.7. The van der Waals surface area contributed by atoms with Gasteiger partial charge >= 0.3 is 30.2 Å². The molecule has 0 radical (unpaired) electrons. The second kappa shape index (κ2) is 21.7. The van der Waals surface area contributed by atoms with Crippen LogP contribution in [0.5, 0.6) is 5.75 Å². The first-order valence-electron chi connectivity index (χ1n) is 20.1. The molecule has 0 saturated heterocycles. The summed E-state index contributed by atoms with van der Waals surface area (Å²) in [4.78, 5) is 71.5. The predicted molar refractivity (Wildman–Crippen MR) is 230 cm³/mol. The molecule has 0 bridgehead atoms. The number of rotatable bonds is 18. The fourth-order valence-corrected chi connectivity index (χ4v) is 5.78. The molecule has 342 valence electrons. The van der Waals surface area contributed by atoms with E-state index in [2.05, 4.69) is 26.1 Å². The maximum Gasteiger partial charge on any atom is 0.413 e. The molecule has 3 aromatic rings. The van der Waals surface area contributed by atoms with Crippen LogP contribution in [0.4, 0.5) is 19.5 Å². The summed E-state index contributed by atoms with van der Waals surface area (Å²) in [6.45, 7) is 22.4. The number of nitrogens with one attached hydrogen (secondary N) is 3. The minimum atomic E-state index is -1.50. The molecule has 2 heterocycles. The number of hydrogen-bond donors (Lipinski definition) is 4. The highest BCUT2D eigenvalue weighted by molar-refractivity contribution is 7.14. The third kappa shape index (κ3) is 19.2. The summed E-state index contributed by atoms with van der Waals surface area (Å²) < 4.78 is 31.4. The minimum Gasteiger partial charge on any atom is -0.489 e. The zero-order valence-electron chi connectivity index (χ0n) is 37.7. The van der Waals surface area contributed by atoms with Crippen LogP contribution in [0.15, 0.2) is 47.2 Å². The van der Waals surface area contributed by atoms with Crippen LogP contribution in [0.3, 0.4) is 0 Å². The first kappa shape index (κ1) is 50.4. The Hall–Kier alpha value is -5.92. The van der Waals surface area contributed by atoms with Gasteiger partial charge in [0.25, 0.3) is 6.10 Å². The smallest absolute Gasteiger partial charge is 0.413 e. The van der Waals surface area contributed by atoms with Gasteiger partial charge in [-0.3, -0.25) is 5.32 Å². The highest BCUT2D eigenvalue weighted by Crippen LogP contribution is 2.23. The molecule has 3 rings (SSSR count). The van der Waals surface area contributed by atoms with E-state index in [4.69, 9.17) is 28.5 Å². The fourth-order valence-electron chi connectivity index (χ4n) is 5.10. The van der Waals surface area contributed by atoms with Crippen molar-refractivity contribution in [2.75, 3.05) is 25.0 Å². The number of oxime groups is 1. The average molecular weight is 889 g/mol. The Morgan fingerprint density at radius 3 is 1.87 bits per heavy atom. The lowest BCUT2D eigenvalue weighted by Crippen LogP contribution is -2.44. The second-order valence-electron chi connectivity index (χ2n) is 18.0. The summed E-state index contributed by atoms with van der Waals surface area (Å²) in [7, 11) is 0. The van der Waals surface area contributed by atoms with Gasteiger partial charge in [0.2, 0.25) is 11.9 Å². The van der Waals surface area contributed by atoms with E-state index in [0.717, 1.165) is 22.5 Å². The number of alkyl carbamates (subject to hydrolysis) is 2. The average Bonchev–Trinajstić information content (AvgIpc) is 3.73. The van der Waals surface area contributed by atoms with E-state index < -0.39 is 71.0 Å². The summed E-state index contributed by atoms with van der Waals surface area (Å²) in [5.41, 5.74) is -1.91. The highest BCUT2D eigenvalue weighted by atomic mass is 32.1. The third-order valence-corrected chi connectivity index (χ3v) is 8.22. The van der Waals surface area contributed by atoms with E-state index in [-0.39, 0.29) is 10.8 Å². The molecule has 2 aromatic heterocycles. The van der Waals surface area contributed by atoms with Crippen molar-refractivity contribution in [3.8, 4) is 16.9 Å². The molecule has 1 aromatic carbocycles. The van der Waals surface area contributed by atoms with E-state index in [1.54, 1.807) is 95.2 Å².